The van der Waals surface area contributed by atoms with Gasteiger partial charge in [0, 0.05) is 36.3 Å². The summed E-state index contributed by atoms with van der Waals surface area (Å²) in [7, 11) is 0. The van der Waals surface area contributed by atoms with Crippen molar-refractivity contribution in [3.05, 3.63) is 92.0 Å². The molecule has 0 unspecified atom stereocenters. The van der Waals surface area contributed by atoms with E-state index < -0.39 is 10.8 Å². The molecule has 0 radical (unpaired) electrons. The van der Waals surface area contributed by atoms with E-state index >= 15 is 0 Å². The Morgan fingerprint density at radius 2 is 1.93 bits per heavy atom. The monoisotopic (exact) mass is 398 g/mol. The zero-order valence-corrected chi connectivity index (χ0v) is 15.3. The van der Waals surface area contributed by atoms with Gasteiger partial charge in [-0.1, -0.05) is 41.9 Å². The first kappa shape index (κ1) is 19.2. The van der Waals surface area contributed by atoms with Crippen LogP contribution in [0, 0.1) is 10.1 Å². The van der Waals surface area contributed by atoms with Crippen molar-refractivity contribution in [2.75, 3.05) is 6.54 Å². The van der Waals surface area contributed by atoms with Crippen molar-refractivity contribution in [2.45, 2.75) is 6.54 Å². The fraction of sp³-hybridized carbons (Fsp3) is 0.105. The Kier molecular flexibility index (Phi) is 5.81. The molecule has 1 aromatic heterocycles. The van der Waals surface area contributed by atoms with E-state index in [0.29, 0.717) is 5.69 Å². The van der Waals surface area contributed by atoms with E-state index in [1.807, 2.05) is 30.3 Å². The molecule has 0 saturated carbocycles. The maximum Gasteiger partial charge on any atom is 0.288 e. The minimum absolute atomic E-state index is 0.0438. The summed E-state index contributed by atoms with van der Waals surface area (Å²) < 4.78 is 1.37. The minimum atomic E-state index is -0.654. The maximum absolute atomic E-state index is 12.2. The largest absolute Gasteiger partial charge is 0.350 e. The SMILES string of the molecule is O=C(NCCn1cnc(-c2ccccc2)cc1=O)c1ccc(Cl)c([N+](=O)[O-])c1. The Balaban J connectivity index is 1.64. The molecule has 1 amide bonds. The van der Waals surface area contributed by atoms with Gasteiger partial charge in [0.25, 0.3) is 17.2 Å². The highest BCUT2D eigenvalue weighted by molar-refractivity contribution is 6.32. The molecule has 2 aromatic carbocycles. The van der Waals surface area contributed by atoms with Gasteiger partial charge in [0.2, 0.25) is 0 Å². The van der Waals surface area contributed by atoms with E-state index in [0.717, 1.165) is 11.6 Å². The molecule has 0 aliphatic rings. The Labute approximate surface area is 164 Å². The van der Waals surface area contributed by atoms with Crippen molar-refractivity contribution >= 4 is 23.2 Å². The number of benzene rings is 2. The highest BCUT2D eigenvalue weighted by atomic mass is 35.5. The predicted octanol–water partition coefficient (Wildman–Crippen LogP) is 2.90. The third-order valence-corrected chi connectivity index (χ3v) is 4.31. The van der Waals surface area contributed by atoms with Crippen molar-refractivity contribution in [3.8, 4) is 11.3 Å². The van der Waals surface area contributed by atoms with Crippen LogP contribution in [0.1, 0.15) is 10.4 Å². The van der Waals surface area contributed by atoms with Gasteiger partial charge in [-0.2, -0.15) is 0 Å². The number of hydrogen-bond acceptors (Lipinski definition) is 5. The Bertz CT molecular complexity index is 1080. The highest BCUT2D eigenvalue weighted by Gasteiger charge is 2.16. The molecular formula is C19H15ClN4O4. The molecule has 8 nitrogen and oxygen atoms in total. The van der Waals surface area contributed by atoms with Gasteiger partial charge < -0.3 is 5.32 Å². The topological polar surface area (TPSA) is 107 Å². The second-order valence-electron chi connectivity index (χ2n) is 5.85. The minimum Gasteiger partial charge on any atom is -0.350 e. The fourth-order valence-corrected chi connectivity index (χ4v) is 2.73. The van der Waals surface area contributed by atoms with E-state index in [2.05, 4.69) is 10.3 Å². The molecule has 0 aliphatic carbocycles. The number of carbonyl (C=O) groups excluding carboxylic acids is 1. The van der Waals surface area contributed by atoms with E-state index in [4.69, 9.17) is 11.6 Å². The van der Waals surface area contributed by atoms with E-state index in [9.17, 15) is 19.7 Å². The Morgan fingerprint density at radius 3 is 2.61 bits per heavy atom. The first-order chi connectivity index (χ1) is 13.5. The maximum atomic E-state index is 12.2. The lowest BCUT2D eigenvalue weighted by atomic mass is 10.1. The second kappa shape index (κ2) is 8.45. The van der Waals surface area contributed by atoms with Crippen LogP contribution in [0.4, 0.5) is 5.69 Å². The molecule has 9 heteroatoms. The number of hydrogen-bond donors (Lipinski definition) is 1. The quantitative estimate of drug-likeness (QED) is 0.507. The van der Waals surface area contributed by atoms with Gasteiger partial charge in [-0.05, 0) is 12.1 Å². The lowest BCUT2D eigenvalue weighted by Crippen LogP contribution is -2.30. The van der Waals surface area contributed by atoms with Gasteiger partial charge in [-0.25, -0.2) is 4.98 Å². The van der Waals surface area contributed by atoms with Gasteiger partial charge in [0.15, 0.2) is 0 Å². The molecule has 28 heavy (non-hydrogen) atoms. The van der Waals surface area contributed by atoms with Crippen LogP contribution in [0.2, 0.25) is 5.02 Å². The molecule has 3 rings (SSSR count). The predicted molar refractivity (Wildman–Crippen MR) is 104 cm³/mol. The fourth-order valence-electron chi connectivity index (χ4n) is 2.55. The number of nitrogens with zero attached hydrogens (tertiary/aromatic N) is 3. The molecule has 0 fully saturated rings. The van der Waals surface area contributed by atoms with Crippen LogP contribution in [-0.2, 0) is 6.54 Å². The normalized spacial score (nSPS) is 10.5. The third kappa shape index (κ3) is 4.41. The molecule has 1 heterocycles. The number of amides is 1. The number of nitrogens with one attached hydrogen (secondary N) is 1. The summed E-state index contributed by atoms with van der Waals surface area (Å²) in [5.41, 5.74) is 0.932. The van der Waals surface area contributed by atoms with Crippen LogP contribution in [0.3, 0.4) is 0 Å². The van der Waals surface area contributed by atoms with Crippen LogP contribution in [-0.4, -0.2) is 26.9 Å². The second-order valence-corrected chi connectivity index (χ2v) is 6.26. The molecular weight excluding hydrogens is 384 g/mol. The molecule has 3 aromatic rings. The van der Waals surface area contributed by atoms with Gasteiger partial charge in [0.05, 0.1) is 16.9 Å². The van der Waals surface area contributed by atoms with Crippen molar-refractivity contribution < 1.29 is 9.72 Å². The molecule has 142 valence electrons. The highest BCUT2D eigenvalue weighted by Crippen LogP contribution is 2.24. The Morgan fingerprint density at radius 1 is 1.18 bits per heavy atom. The van der Waals surface area contributed by atoms with E-state index in [1.165, 1.54) is 29.1 Å². The van der Waals surface area contributed by atoms with Crippen LogP contribution >= 0.6 is 11.6 Å². The number of halogens is 1. The van der Waals surface area contributed by atoms with Gasteiger partial charge in [0.1, 0.15) is 5.02 Å². The summed E-state index contributed by atoms with van der Waals surface area (Å²) >= 11 is 5.74. The lowest BCUT2D eigenvalue weighted by molar-refractivity contribution is -0.384. The third-order valence-electron chi connectivity index (χ3n) is 3.99. The van der Waals surface area contributed by atoms with E-state index in [1.54, 1.807) is 0 Å². The average Bonchev–Trinajstić information content (AvgIpc) is 2.69. The Hall–Kier alpha value is -3.52. The smallest absolute Gasteiger partial charge is 0.288 e. The van der Waals surface area contributed by atoms with Crippen LogP contribution in [0.5, 0.6) is 0 Å². The number of nitro groups is 1. The molecule has 0 aliphatic heterocycles. The molecule has 0 spiro atoms. The van der Waals surface area contributed by atoms with Crippen molar-refractivity contribution in [1.82, 2.24) is 14.9 Å². The summed E-state index contributed by atoms with van der Waals surface area (Å²) in [6.45, 7) is 0.365. The zero-order chi connectivity index (χ0) is 20.1. The lowest BCUT2D eigenvalue weighted by Gasteiger charge is -2.08. The number of rotatable bonds is 6. The van der Waals surface area contributed by atoms with Crippen LogP contribution in [0.25, 0.3) is 11.3 Å². The number of aromatic nitrogens is 2. The van der Waals surface area contributed by atoms with Crippen LogP contribution < -0.4 is 10.9 Å². The van der Waals surface area contributed by atoms with Gasteiger partial charge in [-0.3, -0.25) is 24.3 Å². The summed E-state index contributed by atoms with van der Waals surface area (Å²) in [6.07, 6.45) is 1.42. The van der Waals surface area contributed by atoms with Crippen molar-refractivity contribution in [1.29, 1.82) is 0 Å². The molecule has 0 bridgehead atoms. The summed E-state index contributed by atoms with van der Waals surface area (Å²) in [4.78, 5) is 38.9. The number of nitro benzene ring substituents is 1. The van der Waals surface area contributed by atoms with E-state index in [-0.39, 0.29) is 34.9 Å². The van der Waals surface area contributed by atoms with Gasteiger partial charge >= 0.3 is 0 Å². The average molecular weight is 399 g/mol. The van der Waals surface area contributed by atoms with Gasteiger partial charge in [-0.15, -0.1) is 0 Å². The van der Waals surface area contributed by atoms with Crippen LogP contribution in [0.15, 0.2) is 65.7 Å². The molecule has 0 atom stereocenters. The zero-order valence-electron chi connectivity index (χ0n) is 14.5. The number of carbonyl (C=O) groups is 1. The first-order valence-corrected chi connectivity index (χ1v) is 8.67. The first-order valence-electron chi connectivity index (χ1n) is 8.30. The molecule has 1 N–H and O–H groups in total. The summed E-state index contributed by atoms with van der Waals surface area (Å²) in [6, 6.07) is 14.6. The summed E-state index contributed by atoms with van der Waals surface area (Å²) in [5, 5.41) is 13.5. The standard InChI is InChI=1S/C19H15ClN4O4/c20-15-7-6-14(10-17(15)24(27)28)19(26)21-8-9-23-12-22-16(11-18(23)25)13-4-2-1-3-5-13/h1-7,10-12H,8-9H2,(H,21,26). The molecule has 0 saturated heterocycles. The van der Waals surface area contributed by atoms with Crippen molar-refractivity contribution in [2.24, 2.45) is 0 Å². The summed E-state index contributed by atoms with van der Waals surface area (Å²) in [5.74, 6) is -0.498. The van der Waals surface area contributed by atoms with Crippen molar-refractivity contribution in [3.63, 3.8) is 0 Å².